The van der Waals surface area contributed by atoms with Crippen molar-refractivity contribution in [2.24, 2.45) is 0 Å². The molecule has 1 aromatic carbocycles. The number of hydrogen-bond acceptors (Lipinski definition) is 5. The second kappa shape index (κ2) is 6.99. The molecule has 136 valence electrons. The Morgan fingerprint density at radius 3 is 2.73 bits per heavy atom. The molecule has 0 radical (unpaired) electrons. The molecule has 4 rings (SSSR count). The summed E-state index contributed by atoms with van der Waals surface area (Å²) >= 11 is 0. The second-order valence-electron chi connectivity index (χ2n) is 6.77. The fourth-order valence-electron chi connectivity index (χ4n) is 3.51. The maximum Gasteiger partial charge on any atom is 0.270 e. The molecular weight excluding hydrogens is 335 g/mol. The van der Waals surface area contributed by atoms with Gasteiger partial charge in [0.1, 0.15) is 29.6 Å². The third kappa shape index (κ3) is 3.26. The van der Waals surface area contributed by atoms with Gasteiger partial charge in [-0.25, -0.2) is 14.4 Å². The molecular formula is C19H21FN4O2. The van der Waals surface area contributed by atoms with Crippen molar-refractivity contribution >= 4 is 11.7 Å². The predicted octanol–water partition coefficient (Wildman–Crippen LogP) is 1.07. The Kier molecular flexibility index (Phi) is 4.55. The van der Waals surface area contributed by atoms with Crippen LogP contribution < -0.4 is 10.2 Å². The molecule has 2 aliphatic heterocycles. The van der Waals surface area contributed by atoms with Crippen molar-refractivity contribution in [1.29, 1.82) is 0 Å². The van der Waals surface area contributed by atoms with Gasteiger partial charge in [0, 0.05) is 25.1 Å². The number of alkyl halides is 1. The number of carbonyl (C=O) groups is 1. The number of anilines is 1. The molecule has 1 saturated heterocycles. The monoisotopic (exact) mass is 356 g/mol. The summed E-state index contributed by atoms with van der Waals surface area (Å²) in [6, 6.07) is 10.0. The molecule has 6 nitrogen and oxygen atoms in total. The van der Waals surface area contributed by atoms with Crippen LogP contribution in [0.3, 0.4) is 0 Å². The number of aliphatic hydroxyl groups excluding tert-OH is 1. The molecule has 1 fully saturated rings. The third-order valence-electron chi connectivity index (χ3n) is 4.91. The van der Waals surface area contributed by atoms with E-state index in [1.165, 1.54) is 5.56 Å². The largest absolute Gasteiger partial charge is 0.388 e. The number of rotatable bonds is 4. The van der Waals surface area contributed by atoms with E-state index in [1.54, 1.807) is 4.90 Å². The van der Waals surface area contributed by atoms with Crippen molar-refractivity contribution in [3.05, 3.63) is 53.0 Å². The number of aliphatic hydroxyl groups is 1. The number of hydrogen-bond donors (Lipinski definition) is 2. The topological polar surface area (TPSA) is 78.4 Å². The van der Waals surface area contributed by atoms with Crippen molar-refractivity contribution in [2.45, 2.75) is 31.5 Å². The van der Waals surface area contributed by atoms with Gasteiger partial charge in [0.05, 0.1) is 6.54 Å². The first-order chi connectivity index (χ1) is 12.6. The maximum atomic E-state index is 13.8. The Bertz CT molecular complexity index is 805. The SMILES string of the molecule is O=C1NCCc2c1nc(CCc1ccccc1)nc2N1C[C@@H](O)[C@H](F)C1. The summed E-state index contributed by atoms with van der Waals surface area (Å²) in [5.41, 5.74) is 2.29. The highest BCUT2D eigenvalue weighted by molar-refractivity contribution is 5.96. The fraction of sp³-hybridized carbons (Fsp3) is 0.421. The van der Waals surface area contributed by atoms with Gasteiger partial charge in [-0.05, 0) is 18.4 Å². The van der Waals surface area contributed by atoms with E-state index in [2.05, 4.69) is 15.3 Å². The number of aromatic nitrogens is 2. The van der Waals surface area contributed by atoms with Crippen LogP contribution in [-0.4, -0.2) is 52.9 Å². The summed E-state index contributed by atoms with van der Waals surface area (Å²) in [5, 5.41) is 12.6. The van der Waals surface area contributed by atoms with Gasteiger partial charge >= 0.3 is 0 Å². The lowest BCUT2D eigenvalue weighted by molar-refractivity contribution is 0.0940. The van der Waals surface area contributed by atoms with Gasteiger partial charge in [-0.3, -0.25) is 4.79 Å². The first-order valence-corrected chi connectivity index (χ1v) is 8.91. The molecule has 0 unspecified atom stereocenters. The highest BCUT2D eigenvalue weighted by atomic mass is 19.1. The number of nitrogens with one attached hydrogen (secondary N) is 1. The maximum absolute atomic E-state index is 13.8. The zero-order chi connectivity index (χ0) is 18.1. The minimum atomic E-state index is -1.30. The van der Waals surface area contributed by atoms with Gasteiger partial charge in [0.15, 0.2) is 0 Å². The predicted molar refractivity (Wildman–Crippen MR) is 95.0 cm³/mol. The van der Waals surface area contributed by atoms with Gasteiger partial charge in [-0.15, -0.1) is 0 Å². The summed E-state index contributed by atoms with van der Waals surface area (Å²) in [5.74, 6) is 0.941. The van der Waals surface area contributed by atoms with Crippen LogP contribution in [-0.2, 0) is 19.3 Å². The van der Waals surface area contributed by atoms with E-state index in [4.69, 9.17) is 0 Å². The van der Waals surface area contributed by atoms with Crippen molar-refractivity contribution in [2.75, 3.05) is 24.5 Å². The van der Waals surface area contributed by atoms with E-state index < -0.39 is 12.3 Å². The minimum Gasteiger partial charge on any atom is -0.388 e. The zero-order valence-electron chi connectivity index (χ0n) is 14.4. The van der Waals surface area contributed by atoms with Crippen molar-refractivity contribution in [3.63, 3.8) is 0 Å². The number of fused-ring (bicyclic) bond motifs is 1. The molecule has 2 aromatic rings. The smallest absolute Gasteiger partial charge is 0.270 e. The lowest BCUT2D eigenvalue weighted by Crippen LogP contribution is -2.36. The van der Waals surface area contributed by atoms with Crippen LogP contribution in [0.25, 0.3) is 0 Å². The van der Waals surface area contributed by atoms with Gasteiger partial charge < -0.3 is 15.3 Å². The standard InChI is InChI=1S/C19H21FN4O2/c20-14-10-24(11-15(14)25)18-13-8-9-21-19(26)17(13)22-16(23-18)7-6-12-4-2-1-3-5-12/h1-5,14-15,25H,6-11H2,(H,21,26)/t14-,15-/m1/s1. The highest BCUT2D eigenvalue weighted by Gasteiger charge is 2.35. The minimum absolute atomic E-state index is 0.0877. The molecule has 0 spiro atoms. The summed E-state index contributed by atoms with van der Waals surface area (Å²) in [6.07, 6.45) is -0.363. The zero-order valence-corrected chi connectivity index (χ0v) is 14.4. The van der Waals surface area contributed by atoms with Crippen LogP contribution in [0.5, 0.6) is 0 Å². The van der Waals surface area contributed by atoms with E-state index in [0.29, 0.717) is 36.7 Å². The number of amides is 1. The van der Waals surface area contributed by atoms with Gasteiger partial charge in [0.2, 0.25) is 0 Å². The molecule has 7 heteroatoms. The number of aryl methyl sites for hydroxylation is 2. The molecule has 1 aromatic heterocycles. The fourth-order valence-corrected chi connectivity index (χ4v) is 3.51. The summed E-state index contributed by atoms with van der Waals surface area (Å²) in [7, 11) is 0. The van der Waals surface area contributed by atoms with Crippen molar-refractivity contribution < 1.29 is 14.3 Å². The number of halogens is 1. The van der Waals surface area contributed by atoms with Crippen LogP contribution in [0.4, 0.5) is 10.2 Å². The van der Waals surface area contributed by atoms with Gasteiger partial charge in [0.25, 0.3) is 5.91 Å². The molecule has 0 aliphatic carbocycles. The number of carbonyl (C=O) groups excluding carboxylic acids is 1. The molecule has 1 amide bonds. The molecule has 2 N–H and O–H groups in total. The number of nitrogens with zero attached hydrogens (tertiary/aromatic N) is 3. The van der Waals surface area contributed by atoms with E-state index in [0.717, 1.165) is 12.0 Å². The molecule has 26 heavy (non-hydrogen) atoms. The number of β-amino-alcohol motifs (C(OH)–C–C–N with tert-alkyl or cyclic N) is 1. The summed E-state index contributed by atoms with van der Waals surface area (Å²) in [6.45, 7) is 0.787. The van der Waals surface area contributed by atoms with Crippen LogP contribution in [0.1, 0.15) is 27.4 Å². The Morgan fingerprint density at radius 1 is 1.19 bits per heavy atom. The van der Waals surface area contributed by atoms with E-state index in [9.17, 15) is 14.3 Å². The van der Waals surface area contributed by atoms with Crippen molar-refractivity contribution in [3.8, 4) is 0 Å². The summed E-state index contributed by atoms with van der Waals surface area (Å²) < 4.78 is 13.8. The van der Waals surface area contributed by atoms with E-state index >= 15 is 0 Å². The van der Waals surface area contributed by atoms with Gasteiger partial charge in [-0.2, -0.15) is 0 Å². The molecule has 2 aliphatic rings. The Balaban J connectivity index is 1.66. The first-order valence-electron chi connectivity index (χ1n) is 8.91. The van der Waals surface area contributed by atoms with Crippen molar-refractivity contribution in [1.82, 2.24) is 15.3 Å². The third-order valence-corrected chi connectivity index (χ3v) is 4.91. The van der Waals surface area contributed by atoms with E-state index in [1.807, 2.05) is 30.3 Å². The van der Waals surface area contributed by atoms with Crippen LogP contribution >= 0.6 is 0 Å². The average molecular weight is 356 g/mol. The van der Waals surface area contributed by atoms with Crippen LogP contribution in [0, 0.1) is 0 Å². The normalized spacial score (nSPS) is 22.2. The quantitative estimate of drug-likeness (QED) is 0.857. The molecule has 0 bridgehead atoms. The Labute approximate surface area is 151 Å². The summed E-state index contributed by atoms with van der Waals surface area (Å²) in [4.78, 5) is 23.1. The molecule has 2 atom stereocenters. The van der Waals surface area contributed by atoms with E-state index in [-0.39, 0.29) is 19.0 Å². The van der Waals surface area contributed by atoms with Gasteiger partial charge in [-0.1, -0.05) is 30.3 Å². The molecule has 0 saturated carbocycles. The first kappa shape index (κ1) is 16.9. The Morgan fingerprint density at radius 2 is 2.00 bits per heavy atom. The number of benzene rings is 1. The average Bonchev–Trinajstić information content (AvgIpc) is 2.99. The van der Waals surface area contributed by atoms with Crippen LogP contribution in [0.15, 0.2) is 30.3 Å². The highest BCUT2D eigenvalue weighted by Crippen LogP contribution is 2.28. The lowest BCUT2D eigenvalue weighted by Gasteiger charge is -2.25. The Hall–Kier alpha value is -2.54. The lowest BCUT2D eigenvalue weighted by atomic mass is 10.0. The van der Waals surface area contributed by atoms with Crippen LogP contribution in [0.2, 0.25) is 0 Å². The second-order valence-corrected chi connectivity index (χ2v) is 6.77. The molecule has 3 heterocycles.